The van der Waals surface area contributed by atoms with Crippen LogP contribution >= 0.6 is 0 Å². The number of esters is 1. The second kappa shape index (κ2) is 5.53. The first-order chi connectivity index (χ1) is 8.74. The van der Waals surface area contributed by atoms with E-state index in [9.17, 15) is 9.59 Å². The zero-order valence-electron chi connectivity index (χ0n) is 10.3. The summed E-state index contributed by atoms with van der Waals surface area (Å²) in [4.78, 5) is 25.3. The molecule has 1 heterocycles. The van der Waals surface area contributed by atoms with Crippen LogP contribution in [-0.2, 0) is 9.53 Å². The molecule has 1 aliphatic heterocycles. The molecule has 1 aliphatic rings. The number of ether oxygens (including phenoxy) is 1. The summed E-state index contributed by atoms with van der Waals surface area (Å²) in [6, 6.07) is 8.30. The van der Waals surface area contributed by atoms with Gasteiger partial charge in [0, 0.05) is 13.1 Å². The third-order valence-electron chi connectivity index (χ3n) is 2.96. The molecule has 2 rings (SSSR count). The van der Waals surface area contributed by atoms with Gasteiger partial charge in [-0.25, -0.2) is 9.59 Å². The molecule has 18 heavy (non-hydrogen) atoms. The van der Waals surface area contributed by atoms with Crippen molar-refractivity contribution < 1.29 is 14.3 Å². The summed E-state index contributed by atoms with van der Waals surface area (Å²) < 4.78 is 4.81. The topological polar surface area (TPSA) is 58.6 Å². The summed E-state index contributed by atoms with van der Waals surface area (Å²) in [5, 5.41) is 2.74. The van der Waals surface area contributed by atoms with Crippen LogP contribution in [0.25, 0.3) is 0 Å². The van der Waals surface area contributed by atoms with Crippen LogP contribution in [0.4, 0.5) is 4.79 Å². The predicted molar refractivity (Wildman–Crippen MR) is 65.9 cm³/mol. The third-order valence-corrected chi connectivity index (χ3v) is 2.96. The molecule has 1 aromatic rings. The van der Waals surface area contributed by atoms with Gasteiger partial charge in [0.25, 0.3) is 0 Å². The number of nitrogens with zero attached hydrogens (tertiary/aromatic N) is 1. The van der Waals surface area contributed by atoms with E-state index in [0.717, 1.165) is 12.0 Å². The second-order valence-corrected chi connectivity index (χ2v) is 4.12. The highest BCUT2D eigenvalue weighted by Gasteiger charge is 2.33. The minimum absolute atomic E-state index is 0.222. The van der Waals surface area contributed by atoms with Crippen molar-refractivity contribution in [1.29, 1.82) is 0 Å². The van der Waals surface area contributed by atoms with Crippen molar-refractivity contribution >= 4 is 12.0 Å². The Balaban J connectivity index is 2.30. The van der Waals surface area contributed by atoms with Gasteiger partial charge in [-0.3, -0.25) is 0 Å². The van der Waals surface area contributed by atoms with Crippen molar-refractivity contribution in [2.75, 3.05) is 20.2 Å². The lowest BCUT2D eigenvalue weighted by atomic mass is 10.0. The SMILES string of the molecule is COC(=O)C(c1ccccc1)N1CCCNC1=O. The van der Waals surface area contributed by atoms with E-state index < -0.39 is 12.0 Å². The minimum Gasteiger partial charge on any atom is -0.467 e. The number of rotatable bonds is 3. The van der Waals surface area contributed by atoms with Gasteiger partial charge in [0.05, 0.1) is 7.11 Å². The van der Waals surface area contributed by atoms with Gasteiger partial charge < -0.3 is 15.0 Å². The number of hydrogen-bond donors (Lipinski definition) is 1. The van der Waals surface area contributed by atoms with Gasteiger partial charge in [0.15, 0.2) is 6.04 Å². The summed E-state index contributed by atoms with van der Waals surface area (Å²) >= 11 is 0. The largest absolute Gasteiger partial charge is 0.467 e. The van der Waals surface area contributed by atoms with Crippen LogP contribution in [0.5, 0.6) is 0 Å². The Hall–Kier alpha value is -2.04. The van der Waals surface area contributed by atoms with Gasteiger partial charge in [-0.05, 0) is 12.0 Å². The highest BCUT2D eigenvalue weighted by Crippen LogP contribution is 2.23. The maximum atomic E-state index is 11.9. The Morgan fingerprint density at radius 3 is 2.72 bits per heavy atom. The van der Waals surface area contributed by atoms with Crippen LogP contribution in [0.1, 0.15) is 18.0 Å². The Morgan fingerprint density at radius 2 is 2.11 bits per heavy atom. The molecule has 1 N–H and O–H groups in total. The summed E-state index contributed by atoms with van der Waals surface area (Å²) in [6.07, 6.45) is 0.825. The molecule has 0 bridgehead atoms. The van der Waals surface area contributed by atoms with E-state index in [1.54, 1.807) is 0 Å². The van der Waals surface area contributed by atoms with E-state index in [0.29, 0.717) is 13.1 Å². The fraction of sp³-hybridized carbons (Fsp3) is 0.385. The fourth-order valence-corrected chi connectivity index (χ4v) is 2.08. The van der Waals surface area contributed by atoms with Gasteiger partial charge in [-0.1, -0.05) is 30.3 Å². The lowest BCUT2D eigenvalue weighted by Gasteiger charge is -2.33. The van der Waals surface area contributed by atoms with E-state index in [1.165, 1.54) is 12.0 Å². The van der Waals surface area contributed by atoms with Crippen molar-refractivity contribution in [2.45, 2.75) is 12.5 Å². The molecule has 1 unspecified atom stereocenters. The molecule has 5 heteroatoms. The highest BCUT2D eigenvalue weighted by atomic mass is 16.5. The summed E-state index contributed by atoms with van der Waals surface area (Å²) in [5.41, 5.74) is 0.765. The lowest BCUT2D eigenvalue weighted by Crippen LogP contribution is -2.50. The van der Waals surface area contributed by atoms with Crippen molar-refractivity contribution in [3.05, 3.63) is 35.9 Å². The number of methoxy groups -OCH3 is 1. The quantitative estimate of drug-likeness (QED) is 0.821. The Bertz CT molecular complexity index is 433. The number of carbonyl (C=O) groups is 2. The molecule has 2 amide bonds. The van der Waals surface area contributed by atoms with Crippen molar-refractivity contribution in [3.63, 3.8) is 0 Å². The molecule has 0 saturated carbocycles. The molecule has 1 aromatic carbocycles. The second-order valence-electron chi connectivity index (χ2n) is 4.12. The first-order valence-electron chi connectivity index (χ1n) is 5.91. The molecule has 96 valence electrons. The number of carbonyl (C=O) groups excluding carboxylic acids is 2. The molecule has 1 fully saturated rings. The molecular formula is C13H16N2O3. The van der Waals surface area contributed by atoms with Crippen LogP contribution in [-0.4, -0.2) is 37.1 Å². The van der Waals surface area contributed by atoms with Crippen LogP contribution < -0.4 is 5.32 Å². The predicted octanol–water partition coefficient (Wildman–Crippen LogP) is 1.32. The smallest absolute Gasteiger partial charge is 0.333 e. The van der Waals surface area contributed by atoms with Gasteiger partial charge >= 0.3 is 12.0 Å². The van der Waals surface area contributed by atoms with Crippen LogP contribution in [0.2, 0.25) is 0 Å². The molecule has 0 spiro atoms. The van der Waals surface area contributed by atoms with E-state index >= 15 is 0 Å². The standard InChI is InChI=1S/C13H16N2O3/c1-18-12(16)11(10-6-3-2-4-7-10)15-9-5-8-14-13(15)17/h2-4,6-7,11H,5,8-9H2,1H3,(H,14,17). The van der Waals surface area contributed by atoms with Gasteiger partial charge in [0.2, 0.25) is 0 Å². The average Bonchev–Trinajstić information content (AvgIpc) is 2.42. The average molecular weight is 248 g/mol. The minimum atomic E-state index is -0.670. The van der Waals surface area contributed by atoms with E-state index in [2.05, 4.69) is 5.32 Å². The van der Waals surface area contributed by atoms with Crippen LogP contribution in [0.15, 0.2) is 30.3 Å². The number of amides is 2. The summed E-state index contributed by atoms with van der Waals surface area (Å²) in [7, 11) is 1.33. The van der Waals surface area contributed by atoms with Gasteiger partial charge in [0.1, 0.15) is 0 Å². The van der Waals surface area contributed by atoms with E-state index in [1.807, 2.05) is 30.3 Å². The Morgan fingerprint density at radius 1 is 1.39 bits per heavy atom. The Labute approximate surface area is 106 Å². The van der Waals surface area contributed by atoms with Crippen molar-refractivity contribution in [1.82, 2.24) is 10.2 Å². The molecule has 1 saturated heterocycles. The molecular weight excluding hydrogens is 232 g/mol. The van der Waals surface area contributed by atoms with Crippen molar-refractivity contribution in [2.24, 2.45) is 0 Å². The van der Waals surface area contributed by atoms with Gasteiger partial charge in [-0.2, -0.15) is 0 Å². The monoisotopic (exact) mass is 248 g/mol. The number of benzene rings is 1. The summed E-state index contributed by atoms with van der Waals surface area (Å²) in [5.74, 6) is -0.418. The molecule has 0 radical (unpaired) electrons. The molecule has 0 aromatic heterocycles. The normalized spacial score (nSPS) is 16.9. The van der Waals surface area contributed by atoms with Gasteiger partial charge in [-0.15, -0.1) is 0 Å². The zero-order chi connectivity index (χ0) is 13.0. The summed E-state index contributed by atoms with van der Waals surface area (Å²) in [6.45, 7) is 1.21. The first kappa shape index (κ1) is 12.4. The molecule has 1 atom stereocenters. The van der Waals surface area contributed by atoms with E-state index in [4.69, 9.17) is 4.74 Å². The number of urea groups is 1. The maximum Gasteiger partial charge on any atom is 0.333 e. The van der Waals surface area contributed by atoms with Crippen molar-refractivity contribution in [3.8, 4) is 0 Å². The molecule has 0 aliphatic carbocycles. The third kappa shape index (κ3) is 2.45. The highest BCUT2D eigenvalue weighted by molar-refractivity contribution is 5.85. The number of nitrogens with one attached hydrogen (secondary N) is 1. The number of hydrogen-bond acceptors (Lipinski definition) is 3. The maximum absolute atomic E-state index is 11.9. The fourth-order valence-electron chi connectivity index (χ4n) is 2.08. The zero-order valence-corrected chi connectivity index (χ0v) is 10.3. The molecule has 5 nitrogen and oxygen atoms in total. The van der Waals surface area contributed by atoms with E-state index in [-0.39, 0.29) is 6.03 Å². The Kier molecular flexibility index (Phi) is 3.82. The lowest BCUT2D eigenvalue weighted by molar-refractivity contribution is -0.146. The first-order valence-corrected chi connectivity index (χ1v) is 5.91. The van der Waals surface area contributed by atoms with Crippen LogP contribution in [0, 0.1) is 0 Å². The van der Waals surface area contributed by atoms with Crippen LogP contribution in [0.3, 0.4) is 0 Å².